The molecule has 26 heavy (non-hydrogen) atoms. The maximum atomic E-state index is 9.10. The summed E-state index contributed by atoms with van der Waals surface area (Å²) in [5, 5.41) is 15.6. The Labute approximate surface area is 157 Å². The molecule has 2 aromatic carbocycles. The van der Waals surface area contributed by atoms with Crippen LogP contribution in [0.4, 0.5) is 0 Å². The Balaban J connectivity index is 0.000000487. The molecule has 2 N–H and O–H groups in total. The van der Waals surface area contributed by atoms with Crippen molar-refractivity contribution in [2.24, 2.45) is 0 Å². The lowest BCUT2D eigenvalue weighted by molar-refractivity contribution is -0.159. The third-order valence-corrected chi connectivity index (χ3v) is 3.60. The minimum atomic E-state index is -1.82. The van der Waals surface area contributed by atoms with E-state index >= 15 is 0 Å². The average molecular weight is 380 g/mol. The Kier molecular flexibility index (Phi) is 9.36. The minimum Gasteiger partial charge on any atom is -0.473 e. The Morgan fingerprint density at radius 1 is 1.00 bits per heavy atom. The lowest BCUT2D eigenvalue weighted by Crippen LogP contribution is -2.17. The molecular weight excluding hydrogens is 358 g/mol. The van der Waals surface area contributed by atoms with Gasteiger partial charge in [0, 0.05) is 17.1 Å². The second-order valence-corrected chi connectivity index (χ2v) is 6.05. The molecule has 7 heteroatoms. The van der Waals surface area contributed by atoms with Gasteiger partial charge in [0.1, 0.15) is 0 Å². The van der Waals surface area contributed by atoms with Crippen molar-refractivity contribution in [2.45, 2.75) is 6.61 Å². The lowest BCUT2D eigenvalue weighted by atomic mass is 10.0. The molecule has 0 radical (unpaired) electrons. The zero-order valence-corrected chi connectivity index (χ0v) is 15.4. The molecule has 0 aliphatic heterocycles. The number of carboxylic acid groups (broad SMARTS) is 2. The molecule has 0 aliphatic rings. The van der Waals surface area contributed by atoms with Crippen molar-refractivity contribution in [2.75, 3.05) is 27.2 Å². The van der Waals surface area contributed by atoms with Crippen LogP contribution in [0.25, 0.3) is 11.1 Å². The van der Waals surface area contributed by atoms with Gasteiger partial charge in [-0.15, -0.1) is 0 Å². The van der Waals surface area contributed by atoms with Crippen LogP contribution in [0.1, 0.15) is 5.56 Å². The highest BCUT2D eigenvalue weighted by Gasteiger charge is 2.04. The van der Waals surface area contributed by atoms with Crippen LogP contribution < -0.4 is 0 Å². The fourth-order valence-corrected chi connectivity index (χ4v) is 2.16. The first kappa shape index (κ1) is 21.6. The Morgan fingerprint density at radius 2 is 1.58 bits per heavy atom. The first-order chi connectivity index (χ1) is 12.3. The second kappa shape index (κ2) is 11.3. The van der Waals surface area contributed by atoms with Gasteiger partial charge in [0.25, 0.3) is 0 Å². The average Bonchev–Trinajstić information content (AvgIpc) is 2.60. The molecule has 140 valence electrons. The fraction of sp³-hybridized carbons (Fsp3) is 0.263. The van der Waals surface area contributed by atoms with E-state index in [0.717, 1.165) is 29.3 Å². The summed E-state index contributed by atoms with van der Waals surface area (Å²) in [6.45, 7) is 2.34. The van der Waals surface area contributed by atoms with Crippen LogP contribution in [-0.2, 0) is 20.9 Å². The smallest absolute Gasteiger partial charge is 0.414 e. The Bertz CT molecular complexity index is 704. The van der Waals surface area contributed by atoms with Crippen molar-refractivity contribution in [3.8, 4) is 11.1 Å². The normalized spacial score (nSPS) is 10.2. The van der Waals surface area contributed by atoms with Crippen molar-refractivity contribution >= 4 is 23.5 Å². The summed E-state index contributed by atoms with van der Waals surface area (Å²) in [5.74, 6) is -3.65. The first-order valence-electron chi connectivity index (χ1n) is 7.83. The molecule has 0 heterocycles. The SMILES string of the molecule is CN(C)CCOCc1ccc(-c2ccccc2Cl)cc1.O=C(O)C(=O)O. The van der Waals surface area contributed by atoms with Crippen molar-refractivity contribution in [1.82, 2.24) is 4.90 Å². The number of aliphatic carboxylic acids is 2. The monoisotopic (exact) mass is 379 g/mol. The number of benzene rings is 2. The van der Waals surface area contributed by atoms with E-state index in [4.69, 9.17) is 36.1 Å². The maximum Gasteiger partial charge on any atom is 0.414 e. The maximum absolute atomic E-state index is 9.10. The molecule has 0 spiro atoms. The predicted molar refractivity (Wildman–Crippen MR) is 100 cm³/mol. The molecule has 0 amide bonds. The van der Waals surface area contributed by atoms with E-state index in [2.05, 4.69) is 29.2 Å². The molecule has 0 unspecified atom stereocenters. The third-order valence-electron chi connectivity index (χ3n) is 3.27. The summed E-state index contributed by atoms with van der Waals surface area (Å²) in [5.41, 5.74) is 3.38. The highest BCUT2D eigenvalue weighted by Crippen LogP contribution is 2.27. The predicted octanol–water partition coefficient (Wildman–Crippen LogP) is 3.24. The number of carboxylic acids is 2. The molecule has 0 atom stereocenters. The highest BCUT2D eigenvalue weighted by atomic mass is 35.5. The lowest BCUT2D eigenvalue weighted by Gasteiger charge is -2.10. The highest BCUT2D eigenvalue weighted by molar-refractivity contribution is 6.33. The molecule has 0 fully saturated rings. The fourth-order valence-electron chi connectivity index (χ4n) is 1.91. The van der Waals surface area contributed by atoms with Gasteiger partial charge in [-0.1, -0.05) is 54.1 Å². The zero-order valence-electron chi connectivity index (χ0n) is 14.7. The van der Waals surface area contributed by atoms with Gasteiger partial charge in [0.05, 0.1) is 13.2 Å². The molecule has 2 aromatic rings. The molecule has 0 bridgehead atoms. The molecule has 0 saturated carbocycles. The van der Waals surface area contributed by atoms with Gasteiger partial charge in [0.15, 0.2) is 0 Å². The summed E-state index contributed by atoms with van der Waals surface area (Å²) in [6.07, 6.45) is 0. The van der Waals surface area contributed by atoms with Gasteiger partial charge in [-0.2, -0.15) is 0 Å². The van der Waals surface area contributed by atoms with Crippen molar-refractivity contribution in [1.29, 1.82) is 0 Å². The number of hydrogen-bond acceptors (Lipinski definition) is 4. The van der Waals surface area contributed by atoms with E-state index in [-0.39, 0.29) is 0 Å². The van der Waals surface area contributed by atoms with Crippen molar-refractivity contribution in [3.63, 3.8) is 0 Å². The summed E-state index contributed by atoms with van der Waals surface area (Å²) in [6, 6.07) is 16.2. The Morgan fingerprint density at radius 3 is 2.08 bits per heavy atom. The van der Waals surface area contributed by atoms with Crippen molar-refractivity contribution in [3.05, 3.63) is 59.1 Å². The Hall–Kier alpha value is -2.41. The zero-order chi connectivity index (χ0) is 19.5. The van der Waals surface area contributed by atoms with Crippen LogP contribution in [0.15, 0.2) is 48.5 Å². The van der Waals surface area contributed by atoms with Crippen LogP contribution in [0.3, 0.4) is 0 Å². The van der Waals surface area contributed by atoms with Crippen LogP contribution in [-0.4, -0.2) is 54.3 Å². The number of ether oxygens (including phenoxy) is 1. The standard InChI is InChI=1S/C17H20ClNO.C2H2O4/c1-19(2)11-12-20-13-14-7-9-15(10-8-14)16-5-3-4-6-17(16)18;3-1(4)2(5)6/h3-10H,11-13H2,1-2H3;(H,3,4)(H,5,6). The second-order valence-electron chi connectivity index (χ2n) is 5.64. The summed E-state index contributed by atoms with van der Waals surface area (Å²) in [4.78, 5) is 20.3. The van der Waals surface area contributed by atoms with E-state index in [0.29, 0.717) is 6.61 Å². The summed E-state index contributed by atoms with van der Waals surface area (Å²) < 4.78 is 5.63. The molecule has 2 rings (SSSR count). The van der Waals surface area contributed by atoms with E-state index in [1.807, 2.05) is 38.4 Å². The topological polar surface area (TPSA) is 87.1 Å². The molecule has 0 saturated heterocycles. The van der Waals surface area contributed by atoms with Gasteiger partial charge >= 0.3 is 11.9 Å². The van der Waals surface area contributed by atoms with Crippen molar-refractivity contribution < 1.29 is 24.5 Å². The van der Waals surface area contributed by atoms with Crippen LogP contribution in [0, 0.1) is 0 Å². The first-order valence-corrected chi connectivity index (χ1v) is 8.21. The van der Waals surface area contributed by atoms with Gasteiger partial charge in [-0.3, -0.25) is 0 Å². The number of rotatable bonds is 6. The van der Waals surface area contributed by atoms with Crippen LogP contribution >= 0.6 is 11.6 Å². The van der Waals surface area contributed by atoms with Gasteiger partial charge in [-0.25, -0.2) is 9.59 Å². The quantitative estimate of drug-likeness (QED) is 0.591. The van der Waals surface area contributed by atoms with Crippen LogP contribution in [0.2, 0.25) is 5.02 Å². The van der Waals surface area contributed by atoms with E-state index in [1.165, 1.54) is 5.56 Å². The van der Waals surface area contributed by atoms with Gasteiger partial charge < -0.3 is 19.8 Å². The number of carbonyl (C=O) groups is 2. The molecule has 6 nitrogen and oxygen atoms in total. The number of likely N-dealkylation sites (N-methyl/N-ethyl adjacent to an activating group) is 1. The third kappa shape index (κ3) is 8.11. The number of halogens is 1. The van der Waals surface area contributed by atoms with Crippen LogP contribution in [0.5, 0.6) is 0 Å². The molecular formula is C19H22ClNO5. The largest absolute Gasteiger partial charge is 0.473 e. The molecule has 0 aliphatic carbocycles. The summed E-state index contributed by atoms with van der Waals surface area (Å²) >= 11 is 6.20. The van der Waals surface area contributed by atoms with Gasteiger partial charge in [-0.05, 0) is 31.3 Å². The van der Waals surface area contributed by atoms with E-state index in [1.54, 1.807) is 0 Å². The minimum absolute atomic E-state index is 0.649. The van der Waals surface area contributed by atoms with E-state index < -0.39 is 11.9 Å². The summed E-state index contributed by atoms with van der Waals surface area (Å²) in [7, 11) is 4.09. The van der Waals surface area contributed by atoms with E-state index in [9.17, 15) is 0 Å². The molecule has 0 aromatic heterocycles. The van der Waals surface area contributed by atoms with Gasteiger partial charge in [0.2, 0.25) is 0 Å². The number of nitrogens with zero attached hydrogens (tertiary/aromatic N) is 1. The number of hydrogen-bond donors (Lipinski definition) is 2.